The second-order valence-corrected chi connectivity index (χ2v) is 17.1. The molecule has 286 valence electrons. The Balaban J connectivity index is 0.000000591. The van der Waals surface area contributed by atoms with Crippen LogP contribution < -0.4 is 42.5 Å². The third-order valence-electron chi connectivity index (χ3n) is 9.91. The number of hydrogen-bond acceptors (Lipinski definition) is 11. The number of aromatic nitrogens is 3. The maximum Gasteiger partial charge on any atom is 0.232 e. The van der Waals surface area contributed by atoms with Gasteiger partial charge in [-0.2, -0.15) is 15.0 Å². The van der Waals surface area contributed by atoms with Gasteiger partial charge in [-0.1, -0.05) is 26.7 Å². The monoisotopic (exact) mass is 710 g/mol. The van der Waals surface area contributed by atoms with Crippen LogP contribution in [0.4, 0.5) is 11.9 Å². The summed E-state index contributed by atoms with van der Waals surface area (Å²) >= 11 is 6.65. The Morgan fingerprint density at radius 3 is 1.22 bits per heavy atom. The van der Waals surface area contributed by atoms with Gasteiger partial charge < -0.3 is 42.5 Å². The van der Waals surface area contributed by atoms with Crippen molar-refractivity contribution < 1.29 is 0 Å². The summed E-state index contributed by atoms with van der Waals surface area (Å²) < 4.78 is 0. The Bertz CT molecular complexity index is 951. The Kier molecular flexibility index (Phi) is 18.5. The first-order valence-corrected chi connectivity index (χ1v) is 19.7. The summed E-state index contributed by atoms with van der Waals surface area (Å²) in [6.07, 6.45) is 11.1. The maximum atomic E-state index is 6.65. The molecule has 0 saturated carbocycles. The minimum absolute atomic E-state index is 0.130. The van der Waals surface area contributed by atoms with Crippen LogP contribution >= 0.6 is 11.6 Å². The lowest BCUT2D eigenvalue weighted by Gasteiger charge is -2.56. The standard InChI is InChI=1S/C29H54ClN7.C8H22N4/c1-11-13-15-31-21-17-26(3,4)36(27(5,6)18-21)24-33-23(30)34-25(35-24)37-28(7,8)19-22(20-29(37,9)10)32-16-14-12-2;9-3-1-5-11-7-8-12-6-2-4-10/h21-22,31-32H,11-20H2,1-10H3;11-12H,1-10H2. The number of anilines is 2. The molecule has 0 spiro atoms. The number of piperidine rings is 2. The van der Waals surface area contributed by atoms with Crippen molar-refractivity contribution in [3.05, 3.63) is 5.28 Å². The van der Waals surface area contributed by atoms with E-state index in [2.05, 4.69) is 100 Å². The van der Waals surface area contributed by atoms with Crippen LogP contribution in [0.1, 0.15) is 133 Å². The van der Waals surface area contributed by atoms with E-state index in [9.17, 15) is 0 Å². The highest BCUT2D eigenvalue weighted by Gasteiger charge is 2.49. The van der Waals surface area contributed by atoms with E-state index < -0.39 is 0 Å². The number of nitrogens with two attached hydrogens (primary N) is 2. The summed E-state index contributed by atoms with van der Waals surface area (Å²) in [5, 5.41) is 14.5. The van der Waals surface area contributed by atoms with Crippen molar-refractivity contribution in [3.63, 3.8) is 0 Å². The Morgan fingerprint density at radius 2 is 0.918 bits per heavy atom. The van der Waals surface area contributed by atoms with Gasteiger partial charge in [-0.15, -0.1) is 0 Å². The summed E-state index contributed by atoms with van der Waals surface area (Å²) in [5.74, 6) is 1.37. The number of hydrogen-bond donors (Lipinski definition) is 6. The van der Waals surface area contributed by atoms with Crippen molar-refractivity contribution in [1.29, 1.82) is 0 Å². The van der Waals surface area contributed by atoms with Gasteiger partial charge in [0.2, 0.25) is 17.2 Å². The third-order valence-corrected chi connectivity index (χ3v) is 10.1. The first-order valence-electron chi connectivity index (χ1n) is 19.3. The summed E-state index contributed by atoms with van der Waals surface area (Å²) in [5.41, 5.74) is 10.2. The zero-order valence-electron chi connectivity index (χ0n) is 33.2. The van der Waals surface area contributed by atoms with Crippen molar-refractivity contribution >= 4 is 23.5 Å². The van der Waals surface area contributed by atoms with Gasteiger partial charge in [0.1, 0.15) is 0 Å². The Labute approximate surface area is 305 Å². The topological polar surface area (TPSA) is 145 Å². The quantitative estimate of drug-likeness (QED) is 0.105. The van der Waals surface area contributed by atoms with Gasteiger partial charge in [-0.3, -0.25) is 0 Å². The van der Waals surface area contributed by atoms with Crippen molar-refractivity contribution in [2.45, 2.75) is 168 Å². The molecular formula is C37H76ClN11. The highest BCUT2D eigenvalue weighted by Crippen LogP contribution is 2.44. The fourth-order valence-electron chi connectivity index (χ4n) is 8.31. The van der Waals surface area contributed by atoms with Gasteiger partial charge in [0.25, 0.3) is 0 Å². The highest BCUT2D eigenvalue weighted by molar-refractivity contribution is 6.28. The zero-order chi connectivity index (χ0) is 36.7. The molecule has 0 unspecified atom stereocenters. The third kappa shape index (κ3) is 14.0. The molecule has 2 aliphatic rings. The van der Waals surface area contributed by atoms with E-state index in [0.717, 1.165) is 90.9 Å². The fourth-order valence-corrected chi connectivity index (χ4v) is 8.46. The summed E-state index contributed by atoms with van der Waals surface area (Å²) in [6, 6.07) is 0.948. The molecule has 8 N–H and O–H groups in total. The van der Waals surface area contributed by atoms with Crippen LogP contribution in [0.5, 0.6) is 0 Å². The molecule has 1 aromatic heterocycles. The SMILES string of the molecule is CCCCNC1CC(C)(C)N(c2nc(Cl)nc(N3C(C)(C)CC(NCCCC)CC3(C)C)n2)C(C)(C)C1.NCCCNCCNCCCN. The smallest absolute Gasteiger partial charge is 0.232 e. The van der Waals surface area contributed by atoms with Crippen LogP contribution in [-0.4, -0.2) is 102 Å². The van der Waals surface area contributed by atoms with E-state index in [1.807, 2.05) is 0 Å². The average Bonchev–Trinajstić information content (AvgIpc) is 2.96. The van der Waals surface area contributed by atoms with Gasteiger partial charge >= 0.3 is 0 Å². The Hall–Kier alpha value is -1.34. The number of nitrogens with zero attached hydrogens (tertiary/aromatic N) is 5. The first-order chi connectivity index (χ1) is 23.0. The van der Waals surface area contributed by atoms with E-state index in [1.54, 1.807) is 0 Å². The van der Waals surface area contributed by atoms with Crippen LogP contribution in [0.25, 0.3) is 0 Å². The number of halogens is 1. The van der Waals surface area contributed by atoms with E-state index in [-0.39, 0.29) is 27.4 Å². The molecule has 0 bridgehead atoms. The minimum Gasteiger partial charge on any atom is -0.330 e. The van der Waals surface area contributed by atoms with E-state index >= 15 is 0 Å². The van der Waals surface area contributed by atoms with Gasteiger partial charge in [-0.05, 0) is 158 Å². The van der Waals surface area contributed by atoms with Gasteiger partial charge in [0.05, 0.1) is 0 Å². The molecule has 3 heterocycles. The maximum absolute atomic E-state index is 6.65. The summed E-state index contributed by atoms with van der Waals surface area (Å²) in [7, 11) is 0. The molecule has 12 heteroatoms. The van der Waals surface area contributed by atoms with Gasteiger partial charge in [0.15, 0.2) is 0 Å². The largest absolute Gasteiger partial charge is 0.330 e. The number of unbranched alkanes of at least 4 members (excludes halogenated alkanes) is 2. The summed E-state index contributed by atoms with van der Waals surface area (Å²) in [4.78, 5) is 19.4. The van der Waals surface area contributed by atoms with Crippen molar-refractivity contribution in [1.82, 2.24) is 36.2 Å². The molecule has 2 fully saturated rings. The van der Waals surface area contributed by atoms with E-state index in [4.69, 9.17) is 38.0 Å². The van der Waals surface area contributed by atoms with Gasteiger partial charge in [0, 0.05) is 47.3 Å². The van der Waals surface area contributed by atoms with Crippen molar-refractivity contribution in [3.8, 4) is 0 Å². The molecule has 1 aromatic rings. The molecule has 49 heavy (non-hydrogen) atoms. The lowest BCUT2D eigenvalue weighted by Crippen LogP contribution is -2.66. The van der Waals surface area contributed by atoms with Crippen LogP contribution in [0.3, 0.4) is 0 Å². The highest BCUT2D eigenvalue weighted by atomic mass is 35.5. The molecule has 2 aliphatic heterocycles. The molecule has 0 radical (unpaired) electrons. The van der Waals surface area contributed by atoms with Crippen LogP contribution in [-0.2, 0) is 0 Å². The second kappa shape index (κ2) is 20.6. The first kappa shape index (κ1) is 43.8. The minimum atomic E-state index is -0.130. The molecule has 2 saturated heterocycles. The van der Waals surface area contributed by atoms with Crippen LogP contribution in [0.2, 0.25) is 5.28 Å². The molecule has 11 nitrogen and oxygen atoms in total. The van der Waals surface area contributed by atoms with Crippen LogP contribution in [0.15, 0.2) is 0 Å². The average molecular weight is 711 g/mol. The molecule has 0 atom stereocenters. The molecule has 0 amide bonds. The van der Waals surface area contributed by atoms with Crippen molar-refractivity contribution in [2.24, 2.45) is 11.5 Å². The van der Waals surface area contributed by atoms with E-state index in [0.29, 0.717) is 24.0 Å². The number of nitrogens with one attached hydrogen (secondary N) is 4. The normalized spacial score (nSPS) is 20.3. The van der Waals surface area contributed by atoms with Crippen molar-refractivity contribution in [2.75, 3.05) is 62.2 Å². The lowest BCUT2D eigenvalue weighted by atomic mass is 9.77. The Morgan fingerprint density at radius 1 is 0.571 bits per heavy atom. The van der Waals surface area contributed by atoms with Gasteiger partial charge in [-0.25, -0.2) is 0 Å². The van der Waals surface area contributed by atoms with Crippen LogP contribution in [0, 0.1) is 0 Å². The number of rotatable bonds is 19. The van der Waals surface area contributed by atoms with E-state index in [1.165, 1.54) is 25.7 Å². The molecule has 3 rings (SSSR count). The molecule has 0 aliphatic carbocycles. The predicted molar refractivity (Wildman–Crippen MR) is 211 cm³/mol. The fraction of sp³-hybridized carbons (Fsp3) is 0.919. The lowest BCUT2D eigenvalue weighted by molar-refractivity contribution is 0.189. The zero-order valence-corrected chi connectivity index (χ0v) is 33.9. The molecule has 0 aromatic carbocycles. The summed E-state index contributed by atoms with van der Waals surface area (Å²) in [6.45, 7) is 30.7. The molecular weight excluding hydrogens is 634 g/mol. The predicted octanol–water partition coefficient (Wildman–Crippen LogP) is 5.22. The second-order valence-electron chi connectivity index (χ2n) is 16.7.